The maximum atomic E-state index is 5.51. The van der Waals surface area contributed by atoms with Crippen LogP contribution in [0.15, 0.2) is 48.8 Å². The monoisotopic (exact) mass is 307 g/mol. The zero-order chi connectivity index (χ0) is 15.6. The lowest BCUT2D eigenvalue weighted by atomic mass is 9.97. The molecule has 0 saturated carbocycles. The number of ether oxygens (including phenoxy) is 1. The number of aromatic nitrogens is 3. The predicted molar refractivity (Wildman–Crippen MR) is 88.0 cm³/mol. The van der Waals surface area contributed by atoms with Gasteiger partial charge in [0.25, 0.3) is 0 Å². The number of nitrogens with one attached hydrogen (secondary N) is 3. The molecule has 3 N–H and O–H groups in total. The van der Waals surface area contributed by atoms with E-state index in [0.717, 1.165) is 22.8 Å². The highest BCUT2D eigenvalue weighted by Crippen LogP contribution is 2.35. The van der Waals surface area contributed by atoms with Crippen molar-refractivity contribution in [3.63, 3.8) is 0 Å². The Morgan fingerprint density at radius 2 is 2.00 bits per heavy atom. The number of aromatic amines is 1. The number of nitrogens with zero attached hydrogens (tertiary/aromatic N) is 2. The maximum Gasteiger partial charge on any atom is 0.155 e. The number of hydrazine groups is 1. The molecule has 0 amide bonds. The molecule has 2 heterocycles. The molecule has 1 atom stereocenters. The van der Waals surface area contributed by atoms with Crippen LogP contribution in [0.4, 0.5) is 5.69 Å². The van der Waals surface area contributed by atoms with E-state index < -0.39 is 0 Å². The Kier molecular flexibility index (Phi) is 3.44. The SMILES string of the molecule is CCOc1ccc(C2NNc3ccc(-c4ncn[nH]4)cc32)cc1. The van der Waals surface area contributed by atoms with Gasteiger partial charge < -0.3 is 10.2 Å². The molecule has 23 heavy (non-hydrogen) atoms. The third-order valence-electron chi connectivity index (χ3n) is 3.93. The van der Waals surface area contributed by atoms with Gasteiger partial charge >= 0.3 is 0 Å². The highest BCUT2D eigenvalue weighted by molar-refractivity contribution is 5.67. The quantitative estimate of drug-likeness (QED) is 0.691. The van der Waals surface area contributed by atoms with Crippen LogP contribution in [0.1, 0.15) is 24.1 Å². The van der Waals surface area contributed by atoms with Crippen LogP contribution in [0.3, 0.4) is 0 Å². The minimum atomic E-state index is 0.0866. The molecule has 0 spiro atoms. The average Bonchev–Trinajstić information content (AvgIpc) is 3.25. The lowest BCUT2D eigenvalue weighted by molar-refractivity contribution is 0.340. The second-order valence-electron chi connectivity index (χ2n) is 5.34. The summed E-state index contributed by atoms with van der Waals surface area (Å²) in [6.07, 6.45) is 1.52. The standard InChI is InChI=1S/C17H17N5O/c1-2-23-13-6-3-11(4-7-13)16-14-9-12(17-18-10-19-22-17)5-8-15(14)20-21-16/h3-10,16,20-21H,2H2,1H3,(H,18,19,22). The summed E-state index contributed by atoms with van der Waals surface area (Å²) in [5, 5.41) is 6.82. The van der Waals surface area contributed by atoms with Gasteiger partial charge in [-0.25, -0.2) is 10.4 Å². The van der Waals surface area contributed by atoms with Gasteiger partial charge in [-0.05, 0) is 42.8 Å². The molecule has 6 nitrogen and oxygen atoms in total. The van der Waals surface area contributed by atoms with Crippen LogP contribution in [0.2, 0.25) is 0 Å². The zero-order valence-electron chi connectivity index (χ0n) is 12.7. The van der Waals surface area contributed by atoms with Crippen molar-refractivity contribution in [2.75, 3.05) is 12.0 Å². The van der Waals surface area contributed by atoms with Crippen LogP contribution >= 0.6 is 0 Å². The van der Waals surface area contributed by atoms with Gasteiger partial charge in [0.05, 0.1) is 18.3 Å². The maximum absolute atomic E-state index is 5.51. The summed E-state index contributed by atoms with van der Waals surface area (Å²) >= 11 is 0. The first kappa shape index (κ1) is 13.8. The summed E-state index contributed by atoms with van der Waals surface area (Å²) in [7, 11) is 0. The minimum absolute atomic E-state index is 0.0866. The Labute approximate surface area is 133 Å². The summed E-state index contributed by atoms with van der Waals surface area (Å²) in [5.41, 5.74) is 11.0. The molecule has 1 aliphatic heterocycles. The number of hydrogen-bond acceptors (Lipinski definition) is 5. The van der Waals surface area contributed by atoms with Crippen molar-refractivity contribution in [3.05, 3.63) is 59.9 Å². The largest absolute Gasteiger partial charge is 0.494 e. The number of hydrogen-bond donors (Lipinski definition) is 3. The average molecular weight is 307 g/mol. The van der Waals surface area contributed by atoms with Gasteiger partial charge in [-0.15, -0.1) is 0 Å². The molecule has 116 valence electrons. The highest BCUT2D eigenvalue weighted by atomic mass is 16.5. The highest BCUT2D eigenvalue weighted by Gasteiger charge is 2.24. The number of anilines is 1. The molecular weight excluding hydrogens is 290 g/mol. The van der Waals surface area contributed by atoms with Gasteiger partial charge in [0, 0.05) is 11.1 Å². The van der Waals surface area contributed by atoms with Crippen molar-refractivity contribution in [3.8, 4) is 17.1 Å². The van der Waals surface area contributed by atoms with Crippen LogP contribution < -0.4 is 15.6 Å². The van der Waals surface area contributed by atoms with Crippen LogP contribution in [0.25, 0.3) is 11.4 Å². The van der Waals surface area contributed by atoms with Crippen LogP contribution in [-0.2, 0) is 0 Å². The molecule has 0 radical (unpaired) electrons. The number of benzene rings is 2. The molecule has 0 saturated heterocycles. The summed E-state index contributed by atoms with van der Waals surface area (Å²) in [5.74, 6) is 1.66. The molecule has 1 aliphatic rings. The normalized spacial score (nSPS) is 16.0. The van der Waals surface area contributed by atoms with Gasteiger partial charge in [0.2, 0.25) is 0 Å². The van der Waals surface area contributed by atoms with Gasteiger partial charge in [0.15, 0.2) is 5.82 Å². The van der Waals surface area contributed by atoms with Crippen LogP contribution in [-0.4, -0.2) is 21.8 Å². The van der Waals surface area contributed by atoms with E-state index in [0.29, 0.717) is 6.61 Å². The Balaban J connectivity index is 1.67. The molecule has 4 rings (SSSR count). The van der Waals surface area contributed by atoms with Gasteiger partial charge in [-0.1, -0.05) is 12.1 Å². The minimum Gasteiger partial charge on any atom is -0.494 e. The molecule has 0 aliphatic carbocycles. The molecule has 1 unspecified atom stereocenters. The van der Waals surface area contributed by atoms with Gasteiger partial charge in [-0.2, -0.15) is 5.10 Å². The fraction of sp³-hybridized carbons (Fsp3) is 0.176. The van der Waals surface area contributed by atoms with Crippen molar-refractivity contribution in [1.29, 1.82) is 0 Å². The van der Waals surface area contributed by atoms with Crippen molar-refractivity contribution in [2.45, 2.75) is 13.0 Å². The van der Waals surface area contributed by atoms with Crippen molar-refractivity contribution >= 4 is 5.69 Å². The van der Waals surface area contributed by atoms with E-state index in [1.807, 2.05) is 25.1 Å². The number of H-pyrrole nitrogens is 1. The first-order valence-corrected chi connectivity index (χ1v) is 7.59. The molecular formula is C17H17N5O. The van der Waals surface area contributed by atoms with E-state index in [4.69, 9.17) is 4.74 Å². The summed E-state index contributed by atoms with van der Waals surface area (Å²) in [6.45, 7) is 2.66. The van der Waals surface area contributed by atoms with Crippen LogP contribution in [0, 0.1) is 0 Å². The molecule has 0 bridgehead atoms. The Morgan fingerprint density at radius 3 is 2.74 bits per heavy atom. The smallest absolute Gasteiger partial charge is 0.155 e. The second kappa shape index (κ2) is 5.73. The van der Waals surface area contributed by atoms with E-state index in [1.165, 1.54) is 17.5 Å². The Hall–Kier alpha value is -2.86. The van der Waals surface area contributed by atoms with E-state index in [1.54, 1.807) is 0 Å². The van der Waals surface area contributed by atoms with Crippen LogP contribution in [0.5, 0.6) is 5.75 Å². The van der Waals surface area contributed by atoms with E-state index in [2.05, 4.69) is 50.3 Å². The van der Waals surface area contributed by atoms with Crippen molar-refractivity contribution in [1.82, 2.24) is 20.6 Å². The fourth-order valence-electron chi connectivity index (χ4n) is 2.82. The summed E-state index contributed by atoms with van der Waals surface area (Å²) in [4.78, 5) is 4.22. The third kappa shape index (κ3) is 2.53. The fourth-order valence-corrected chi connectivity index (χ4v) is 2.82. The molecule has 2 aromatic carbocycles. The predicted octanol–water partition coefficient (Wildman–Crippen LogP) is 2.89. The lowest BCUT2D eigenvalue weighted by Gasteiger charge is -2.13. The lowest BCUT2D eigenvalue weighted by Crippen LogP contribution is -2.19. The van der Waals surface area contributed by atoms with Crippen molar-refractivity contribution < 1.29 is 4.74 Å². The number of fused-ring (bicyclic) bond motifs is 1. The summed E-state index contributed by atoms with van der Waals surface area (Å²) in [6, 6.07) is 14.5. The Bertz CT molecular complexity index is 798. The first-order valence-electron chi connectivity index (χ1n) is 7.59. The van der Waals surface area contributed by atoms with Crippen molar-refractivity contribution in [2.24, 2.45) is 0 Å². The zero-order valence-corrected chi connectivity index (χ0v) is 12.7. The van der Waals surface area contributed by atoms with E-state index in [-0.39, 0.29) is 6.04 Å². The Morgan fingerprint density at radius 1 is 1.13 bits per heavy atom. The molecule has 6 heteroatoms. The first-order chi connectivity index (χ1) is 11.3. The van der Waals surface area contributed by atoms with Gasteiger partial charge in [-0.3, -0.25) is 5.10 Å². The van der Waals surface area contributed by atoms with E-state index in [9.17, 15) is 0 Å². The van der Waals surface area contributed by atoms with E-state index >= 15 is 0 Å². The molecule has 3 aromatic rings. The summed E-state index contributed by atoms with van der Waals surface area (Å²) < 4.78 is 5.51. The van der Waals surface area contributed by atoms with Gasteiger partial charge in [0.1, 0.15) is 12.1 Å². The molecule has 1 aromatic heterocycles. The third-order valence-corrected chi connectivity index (χ3v) is 3.93. The second-order valence-corrected chi connectivity index (χ2v) is 5.34. The number of rotatable bonds is 4. The topological polar surface area (TPSA) is 74.9 Å². The molecule has 0 fully saturated rings.